The molecule has 0 unspecified atom stereocenters. The maximum Gasteiger partial charge on any atom is 0.227 e. The minimum Gasteiger partial charge on any atom is -0.361 e. The predicted molar refractivity (Wildman–Crippen MR) is 128 cm³/mol. The number of anilines is 1. The van der Waals surface area contributed by atoms with E-state index >= 15 is 0 Å². The quantitative estimate of drug-likeness (QED) is 0.553. The van der Waals surface area contributed by atoms with Crippen LogP contribution < -0.4 is 4.90 Å². The molecule has 1 aromatic heterocycles. The Kier molecular flexibility index (Phi) is 6.02. The molecular formula is C26H30ClN3O. The molecule has 2 aliphatic heterocycles. The highest BCUT2D eigenvalue weighted by Gasteiger charge is 2.25. The van der Waals surface area contributed by atoms with E-state index in [-0.39, 0.29) is 5.91 Å². The number of likely N-dealkylation sites (tertiary alicyclic amines) is 1. The number of aromatic amines is 1. The van der Waals surface area contributed by atoms with Gasteiger partial charge in [-0.3, -0.25) is 4.79 Å². The third-order valence-corrected chi connectivity index (χ3v) is 7.30. The second kappa shape index (κ2) is 9.05. The van der Waals surface area contributed by atoms with Crippen LogP contribution in [0.5, 0.6) is 0 Å². The van der Waals surface area contributed by atoms with Crippen molar-refractivity contribution in [1.82, 2.24) is 9.88 Å². The van der Waals surface area contributed by atoms with Crippen molar-refractivity contribution in [2.45, 2.75) is 44.4 Å². The second-order valence-electron chi connectivity index (χ2n) is 8.90. The number of hydrogen-bond donors (Lipinski definition) is 1. The minimum absolute atomic E-state index is 0.274. The fraction of sp³-hybridized carbons (Fsp3) is 0.423. The number of nitrogens with one attached hydrogen (secondary N) is 1. The number of fused-ring (bicyclic) bond motifs is 2. The number of piperidine rings is 1. The monoisotopic (exact) mass is 435 g/mol. The molecule has 4 nitrogen and oxygen atoms in total. The number of rotatable bonds is 5. The number of halogens is 1. The van der Waals surface area contributed by atoms with E-state index in [1.165, 1.54) is 16.5 Å². The average Bonchev–Trinajstić information content (AvgIpc) is 3.25. The summed E-state index contributed by atoms with van der Waals surface area (Å²) in [5.41, 5.74) is 4.92. The molecule has 5 heteroatoms. The van der Waals surface area contributed by atoms with Crippen LogP contribution >= 0.6 is 11.6 Å². The van der Waals surface area contributed by atoms with E-state index in [4.69, 9.17) is 11.6 Å². The topological polar surface area (TPSA) is 39.3 Å². The first kappa shape index (κ1) is 20.6. The van der Waals surface area contributed by atoms with Gasteiger partial charge in [0.25, 0.3) is 0 Å². The van der Waals surface area contributed by atoms with E-state index in [2.05, 4.69) is 40.3 Å². The van der Waals surface area contributed by atoms with E-state index in [1.807, 2.05) is 23.1 Å². The van der Waals surface area contributed by atoms with Gasteiger partial charge >= 0.3 is 0 Å². The summed E-state index contributed by atoms with van der Waals surface area (Å²) in [4.78, 5) is 20.8. The summed E-state index contributed by atoms with van der Waals surface area (Å²) >= 11 is 6.48. The number of nitrogens with zero attached hydrogens (tertiary/aromatic N) is 2. The predicted octanol–water partition coefficient (Wildman–Crippen LogP) is 5.76. The molecule has 0 spiro atoms. The summed E-state index contributed by atoms with van der Waals surface area (Å²) < 4.78 is 0. The molecule has 0 saturated carbocycles. The molecule has 2 aliphatic rings. The lowest BCUT2D eigenvalue weighted by molar-refractivity contribution is -0.118. The molecule has 0 radical (unpaired) electrons. The van der Waals surface area contributed by atoms with Crippen LogP contribution in [0.2, 0.25) is 5.02 Å². The Labute approximate surface area is 189 Å². The van der Waals surface area contributed by atoms with Gasteiger partial charge in [0.05, 0.1) is 5.02 Å². The summed E-state index contributed by atoms with van der Waals surface area (Å²) in [5.74, 6) is 0.826. The highest BCUT2D eigenvalue weighted by atomic mass is 35.5. The van der Waals surface area contributed by atoms with Gasteiger partial charge < -0.3 is 14.8 Å². The Bertz CT molecular complexity index is 1070. The van der Waals surface area contributed by atoms with E-state index in [9.17, 15) is 4.79 Å². The Balaban J connectivity index is 1.12. The maximum atomic E-state index is 12.9. The van der Waals surface area contributed by atoms with E-state index in [0.717, 1.165) is 74.5 Å². The molecule has 162 valence electrons. The molecule has 3 heterocycles. The summed E-state index contributed by atoms with van der Waals surface area (Å²) in [6.45, 7) is 4.03. The van der Waals surface area contributed by atoms with Gasteiger partial charge in [0.1, 0.15) is 0 Å². The fourth-order valence-corrected chi connectivity index (χ4v) is 5.62. The molecule has 1 N–H and O–H groups in total. The highest BCUT2D eigenvalue weighted by Crippen LogP contribution is 2.36. The molecule has 1 fully saturated rings. The molecule has 31 heavy (non-hydrogen) atoms. The van der Waals surface area contributed by atoms with Gasteiger partial charge in [-0.2, -0.15) is 0 Å². The maximum absolute atomic E-state index is 12.9. The summed E-state index contributed by atoms with van der Waals surface area (Å²) in [6.07, 6.45) is 8.14. The third-order valence-electron chi connectivity index (χ3n) is 6.99. The van der Waals surface area contributed by atoms with Crippen molar-refractivity contribution < 1.29 is 4.79 Å². The van der Waals surface area contributed by atoms with E-state index in [1.54, 1.807) is 0 Å². The first-order valence-corrected chi connectivity index (χ1v) is 11.9. The van der Waals surface area contributed by atoms with Gasteiger partial charge in [0.15, 0.2) is 0 Å². The molecule has 1 saturated heterocycles. The summed E-state index contributed by atoms with van der Waals surface area (Å²) in [7, 11) is 0. The van der Waals surface area contributed by atoms with Crippen molar-refractivity contribution in [3.63, 3.8) is 0 Å². The van der Waals surface area contributed by atoms with Crippen LogP contribution in [0.15, 0.2) is 48.7 Å². The number of carbonyl (C=O) groups is 1. The average molecular weight is 436 g/mol. The first-order valence-electron chi connectivity index (χ1n) is 11.6. The number of aryl methyl sites for hydroxylation is 1. The van der Waals surface area contributed by atoms with Crippen LogP contribution in [0, 0.1) is 0 Å². The molecule has 0 atom stereocenters. The smallest absolute Gasteiger partial charge is 0.227 e. The van der Waals surface area contributed by atoms with Crippen LogP contribution in [-0.2, 0) is 11.2 Å². The zero-order valence-electron chi connectivity index (χ0n) is 17.9. The lowest BCUT2D eigenvalue weighted by Gasteiger charge is -2.32. The lowest BCUT2D eigenvalue weighted by atomic mass is 9.89. The Morgan fingerprint density at radius 2 is 1.90 bits per heavy atom. The van der Waals surface area contributed by atoms with Gasteiger partial charge in [0, 0.05) is 35.8 Å². The van der Waals surface area contributed by atoms with Crippen molar-refractivity contribution in [1.29, 1.82) is 0 Å². The van der Waals surface area contributed by atoms with Gasteiger partial charge in [-0.15, -0.1) is 0 Å². The highest BCUT2D eigenvalue weighted by molar-refractivity contribution is 6.35. The SMILES string of the molecule is O=C(CCCN1CCC(c2c[nH]c3cccc(Cl)c23)CC1)N1CCCc2ccccc21. The normalized spacial score (nSPS) is 17.8. The van der Waals surface area contributed by atoms with E-state index < -0.39 is 0 Å². The summed E-state index contributed by atoms with van der Waals surface area (Å²) in [6, 6.07) is 14.4. The van der Waals surface area contributed by atoms with Crippen LogP contribution in [0.4, 0.5) is 5.69 Å². The number of para-hydroxylation sites is 1. The van der Waals surface area contributed by atoms with Crippen molar-refractivity contribution in [2.24, 2.45) is 0 Å². The Morgan fingerprint density at radius 3 is 2.77 bits per heavy atom. The Morgan fingerprint density at radius 1 is 1.06 bits per heavy atom. The largest absolute Gasteiger partial charge is 0.361 e. The van der Waals surface area contributed by atoms with Gasteiger partial charge in [-0.25, -0.2) is 0 Å². The zero-order valence-corrected chi connectivity index (χ0v) is 18.7. The van der Waals surface area contributed by atoms with Crippen molar-refractivity contribution in [3.8, 4) is 0 Å². The minimum atomic E-state index is 0.274. The molecule has 5 rings (SSSR count). The van der Waals surface area contributed by atoms with Gasteiger partial charge in [-0.1, -0.05) is 35.9 Å². The first-order chi connectivity index (χ1) is 15.2. The number of carbonyl (C=O) groups excluding carboxylic acids is 1. The van der Waals surface area contributed by atoms with Crippen LogP contribution in [0.25, 0.3) is 10.9 Å². The fourth-order valence-electron chi connectivity index (χ4n) is 5.34. The van der Waals surface area contributed by atoms with Crippen molar-refractivity contribution in [2.75, 3.05) is 31.1 Å². The molecule has 3 aromatic rings. The standard InChI is InChI=1S/C26H30ClN3O/c27-22-8-3-9-23-26(22)21(18-28-23)19-12-16-29(17-13-19)14-5-11-25(31)30-15-4-7-20-6-1-2-10-24(20)30/h1-3,6,8-10,18-19,28H,4-5,7,11-17H2. The van der Waals surface area contributed by atoms with Gasteiger partial charge in [0.2, 0.25) is 5.91 Å². The van der Waals surface area contributed by atoms with Crippen LogP contribution in [0.1, 0.15) is 49.1 Å². The zero-order chi connectivity index (χ0) is 21.2. The summed E-state index contributed by atoms with van der Waals surface area (Å²) in [5, 5.41) is 2.03. The molecule has 1 amide bonds. The molecular weight excluding hydrogens is 406 g/mol. The van der Waals surface area contributed by atoms with Crippen molar-refractivity contribution in [3.05, 3.63) is 64.8 Å². The molecule has 2 aromatic carbocycles. The van der Waals surface area contributed by atoms with Gasteiger partial charge in [-0.05, 0) is 87.0 Å². The van der Waals surface area contributed by atoms with Crippen molar-refractivity contribution >= 4 is 34.1 Å². The number of amides is 1. The molecule has 0 aliphatic carbocycles. The number of benzene rings is 2. The Hall–Kier alpha value is -2.30. The van der Waals surface area contributed by atoms with E-state index in [0.29, 0.717) is 12.3 Å². The third kappa shape index (κ3) is 4.24. The van der Waals surface area contributed by atoms with Crippen LogP contribution in [-0.4, -0.2) is 42.0 Å². The number of hydrogen-bond acceptors (Lipinski definition) is 2. The number of H-pyrrole nitrogens is 1. The molecule has 0 bridgehead atoms. The van der Waals surface area contributed by atoms with Crippen LogP contribution in [0.3, 0.4) is 0 Å². The second-order valence-corrected chi connectivity index (χ2v) is 9.31. The number of aromatic nitrogens is 1. The lowest BCUT2D eigenvalue weighted by Crippen LogP contribution is -2.37.